The number of hydrogen-bond donors (Lipinski definition) is 1. The van der Waals surface area contributed by atoms with Crippen molar-refractivity contribution >= 4 is 23.4 Å². The third-order valence-electron chi connectivity index (χ3n) is 5.07. The number of anilines is 1. The van der Waals surface area contributed by atoms with Gasteiger partial charge in [-0.1, -0.05) is 12.1 Å². The van der Waals surface area contributed by atoms with Crippen molar-refractivity contribution in [3.63, 3.8) is 0 Å². The lowest BCUT2D eigenvalue weighted by Crippen LogP contribution is -2.48. The van der Waals surface area contributed by atoms with Crippen LogP contribution in [0.25, 0.3) is 0 Å². The summed E-state index contributed by atoms with van der Waals surface area (Å²) in [7, 11) is 0. The average molecular weight is 367 g/mol. The number of carbonyl (C=O) groups excluding carboxylic acids is 3. The van der Waals surface area contributed by atoms with Crippen LogP contribution in [0.2, 0.25) is 0 Å². The maximum absolute atomic E-state index is 13.1. The summed E-state index contributed by atoms with van der Waals surface area (Å²) >= 11 is 0. The molecule has 27 heavy (non-hydrogen) atoms. The van der Waals surface area contributed by atoms with Crippen LogP contribution in [0.5, 0.6) is 0 Å². The van der Waals surface area contributed by atoms with Gasteiger partial charge in [-0.15, -0.1) is 0 Å². The zero-order valence-electron chi connectivity index (χ0n) is 14.9. The van der Waals surface area contributed by atoms with Gasteiger partial charge in [0.2, 0.25) is 11.8 Å². The first-order valence-electron chi connectivity index (χ1n) is 9.15. The van der Waals surface area contributed by atoms with Crippen LogP contribution in [0.1, 0.15) is 29.0 Å². The van der Waals surface area contributed by atoms with Gasteiger partial charge in [0.05, 0.1) is 17.5 Å². The number of furan rings is 1. The number of hydrogen-bond acceptors (Lipinski definition) is 4. The largest absolute Gasteiger partial charge is 0.469 e. The zero-order chi connectivity index (χ0) is 18.8. The van der Waals surface area contributed by atoms with Gasteiger partial charge in [-0.2, -0.15) is 0 Å². The Labute approximate surface area is 156 Å². The highest BCUT2D eigenvalue weighted by Crippen LogP contribution is 2.32. The third kappa shape index (κ3) is 3.32. The molecule has 0 radical (unpaired) electrons. The van der Waals surface area contributed by atoms with E-state index in [9.17, 15) is 14.4 Å². The van der Waals surface area contributed by atoms with Crippen LogP contribution in [0.15, 0.2) is 47.1 Å². The van der Waals surface area contributed by atoms with Crippen molar-refractivity contribution < 1.29 is 18.8 Å². The fraction of sp³-hybridized carbons (Fsp3) is 0.350. The Balaban J connectivity index is 1.51. The van der Waals surface area contributed by atoms with Gasteiger partial charge in [-0.3, -0.25) is 14.4 Å². The molecule has 1 N–H and O–H groups in total. The first-order chi connectivity index (χ1) is 13.1. The number of nitrogens with zero attached hydrogens (tertiary/aromatic N) is 2. The minimum Gasteiger partial charge on any atom is -0.469 e. The Morgan fingerprint density at radius 3 is 2.85 bits per heavy atom. The highest BCUT2D eigenvalue weighted by atomic mass is 16.3. The first-order valence-corrected chi connectivity index (χ1v) is 9.15. The van der Waals surface area contributed by atoms with Gasteiger partial charge >= 0.3 is 0 Å². The Kier molecular flexibility index (Phi) is 4.66. The van der Waals surface area contributed by atoms with Crippen molar-refractivity contribution in [1.82, 2.24) is 10.2 Å². The third-order valence-corrected chi connectivity index (χ3v) is 5.07. The molecule has 3 amide bonds. The summed E-state index contributed by atoms with van der Waals surface area (Å²) in [5, 5.41) is 2.82. The molecule has 2 aliphatic heterocycles. The second kappa shape index (κ2) is 7.26. The lowest BCUT2D eigenvalue weighted by atomic mass is 10.1. The molecule has 3 heterocycles. The van der Waals surface area contributed by atoms with E-state index in [-0.39, 0.29) is 24.3 Å². The lowest BCUT2D eigenvalue weighted by molar-refractivity contribution is -0.125. The van der Waals surface area contributed by atoms with E-state index in [1.807, 2.05) is 6.07 Å². The van der Waals surface area contributed by atoms with Crippen LogP contribution in [0.3, 0.4) is 0 Å². The van der Waals surface area contributed by atoms with Crippen molar-refractivity contribution in [3.8, 4) is 0 Å². The molecular formula is C20H21N3O4. The SMILES string of the molecule is O=C(CN1C(=O)[C@@H]2CCCN2C(=O)c2ccccc21)NCCc1ccco1. The predicted octanol–water partition coefficient (Wildman–Crippen LogP) is 1.59. The fourth-order valence-corrected chi connectivity index (χ4v) is 3.75. The molecule has 0 spiro atoms. The topological polar surface area (TPSA) is 82.9 Å². The second-order valence-corrected chi connectivity index (χ2v) is 6.78. The van der Waals surface area contributed by atoms with E-state index >= 15 is 0 Å². The van der Waals surface area contributed by atoms with Gasteiger partial charge < -0.3 is 19.5 Å². The molecule has 7 heteroatoms. The molecule has 1 fully saturated rings. The van der Waals surface area contributed by atoms with E-state index in [1.165, 1.54) is 4.90 Å². The second-order valence-electron chi connectivity index (χ2n) is 6.78. The van der Waals surface area contributed by atoms with Gasteiger partial charge in [0.1, 0.15) is 18.3 Å². The summed E-state index contributed by atoms with van der Waals surface area (Å²) < 4.78 is 5.25. The molecule has 0 bridgehead atoms. The highest BCUT2D eigenvalue weighted by Gasteiger charge is 2.42. The molecular weight excluding hydrogens is 346 g/mol. The van der Waals surface area contributed by atoms with E-state index < -0.39 is 6.04 Å². The van der Waals surface area contributed by atoms with Crippen LogP contribution in [0, 0.1) is 0 Å². The fourth-order valence-electron chi connectivity index (χ4n) is 3.75. The van der Waals surface area contributed by atoms with Gasteiger partial charge in [0.15, 0.2) is 0 Å². The number of carbonyl (C=O) groups is 3. The van der Waals surface area contributed by atoms with Crippen LogP contribution in [-0.2, 0) is 16.0 Å². The minimum absolute atomic E-state index is 0.106. The Morgan fingerprint density at radius 2 is 2.04 bits per heavy atom. The number of nitrogens with one attached hydrogen (secondary N) is 1. The number of fused-ring (bicyclic) bond motifs is 2. The molecule has 1 aromatic heterocycles. The minimum atomic E-state index is -0.485. The van der Waals surface area contributed by atoms with Crippen LogP contribution in [0.4, 0.5) is 5.69 Å². The molecule has 1 atom stereocenters. The summed E-state index contributed by atoms with van der Waals surface area (Å²) in [6.07, 6.45) is 3.61. The van der Waals surface area contributed by atoms with Crippen molar-refractivity contribution in [3.05, 3.63) is 54.0 Å². The maximum Gasteiger partial charge on any atom is 0.256 e. The van der Waals surface area contributed by atoms with Crippen molar-refractivity contribution in [2.75, 3.05) is 24.5 Å². The Hall–Kier alpha value is -3.09. The van der Waals surface area contributed by atoms with Crippen LogP contribution >= 0.6 is 0 Å². The van der Waals surface area contributed by atoms with Gasteiger partial charge in [-0.25, -0.2) is 0 Å². The van der Waals surface area contributed by atoms with Gasteiger partial charge in [-0.05, 0) is 37.1 Å². The monoisotopic (exact) mass is 367 g/mol. The molecule has 4 rings (SSSR count). The van der Waals surface area contributed by atoms with Crippen molar-refractivity contribution in [1.29, 1.82) is 0 Å². The number of para-hydroxylation sites is 1. The summed E-state index contributed by atoms with van der Waals surface area (Å²) in [6, 6.07) is 10.2. The number of benzene rings is 1. The van der Waals surface area contributed by atoms with E-state index in [4.69, 9.17) is 4.42 Å². The molecule has 1 saturated heterocycles. The number of rotatable bonds is 5. The van der Waals surface area contributed by atoms with E-state index in [0.29, 0.717) is 37.2 Å². The smallest absolute Gasteiger partial charge is 0.256 e. The van der Waals surface area contributed by atoms with Gasteiger partial charge in [0, 0.05) is 19.5 Å². The highest BCUT2D eigenvalue weighted by molar-refractivity contribution is 6.12. The summed E-state index contributed by atoms with van der Waals surface area (Å²) in [4.78, 5) is 41.4. The van der Waals surface area contributed by atoms with Crippen LogP contribution in [-0.4, -0.2) is 48.3 Å². The lowest BCUT2D eigenvalue weighted by Gasteiger charge is -2.25. The zero-order valence-corrected chi connectivity index (χ0v) is 14.9. The molecule has 2 aromatic rings. The maximum atomic E-state index is 13.1. The summed E-state index contributed by atoms with van der Waals surface area (Å²) in [5.41, 5.74) is 0.974. The van der Waals surface area contributed by atoms with E-state index in [0.717, 1.165) is 12.2 Å². The Morgan fingerprint density at radius 1 is 1.19 bits per heavy atom. The van der Waals surface area contributed by atoms with Gasteiger partial charge in [0.25, 0.3) is 5.91 Å². The summed E-state index contributed by atoms with van der Waals surface area (Å²) in [6.45, 7) is 0.892. The molecule has 140 valence electrons. The molecule has 2 aliphatic rings. The van der Waals surface area contributed by atoms with E-state index in [1.54, 1.807) is 41.5 Å². The molecule has 0 saturated carbocycles. The standard InChI is InChI=1S/C20H21N3O4/c24-18(21-10-9-14-5-4-12-27-14)13-23-16-7-2-1-6-15(16)19(25)22-11-3-8-17(22)20(23)26/h1-2,4-7,12,17H,3,8-11,13H2,(H,21,24)/t17-/m0/s1. The quantitative estimate of drug-likeness (QED) is 0.870. The van der Waals surface area contributed by atoms with E-state index in [2.05, 4.69) is 5.32 Å². The van der Waals surface area contributed by atoms with Crippen LogP contribution < -0.4 is 10.2 Å². The first kappa shape index (κ1) is 17.3. The number of amides is 3. The van der Waals surface area contributed by atoms with Crippen molar-refractivity contribution in [2.24, 2.45) is 0 Å². The Bertz CT molecular complexity index is 862. The normalized spacial score (nSPS) is 18.9. The predicted molar refractivity (Wildman–Crippen MR) is 98.3 cm³/mol. The molecule has 0 aliphatic carbocycles. The molecule has 7 nitrogen and oxygen atoms in total. The summed E-state index contributed by atoms with van der Waals surface area (Å²) in [5.74, 6) is 0.205. The molecule has 1 aromatic carbocycles. The average Bonchev–Trinajstić information content (AvgIpc) is 3.35. The van der Waals surface area contributed by atoms with Crippen molar-refractivity contribution in [2.45, 2.75) is 25.3 Å². The molecule has 0 unspecified atom stereocenters.